The van der Waals surface area contributed by atoms with Gasteiger partial charge in [-0.25, -0.2) is 15.0 Å². The number of hydrogen-bond acceptors (Lipinski definition) is 8. The number of anilines is 1. The Morgan fingerprint density at radius 3 is 2.91 bits per heavy atom. The maximum atomic E-state index is 5.39. The largest absolute Gasteiger partial charge is 0.378 e. The van der Waals surface area contributed by atoms with Crippen LogP contribution < -0.4 is 4.90 Å². The summed E-state index contributed by atoms with van der Waals surface area (Å²) >= 11 is 6.52. The molecule has 0 amide bonds. The summed E-state index contributed by atoms with van der Waals surface area (Å²) in [6, 6.07) is 0. The van der Waals surface area contributed by atoms with E-state index in [0.717, 1.165) is 35.1 Å². The van der Waals surface area contributed by atoms with Gasteiger partial charge in [0.1, 0.15) is 11.3 Å². The number of rotatable bonds is 3. The Kier molecular flexibility index (Phi) is 3.56. The Morgan fingerprint density at radius 1 is 1.27 bits per heavy atom. The maximum absolute atomic E-state index is 5.39. The van der Waals surface area contributed by atoms with E-state index in [1.54, 1.807) is 12.7 Å². The molecule has 1 N–H and O–H groups in total. The fourth-order valence-corrected chi connectivity index (χ4v) is 3.40. The van der Waals surface area contributed by atoms with Crippen molar-refractivity contribution in [2.45, 2.75) is 6.54 Å². The van der Waals surface area contributed by atoms with Gasteiger partial charge in [0.25, 0.3) is 0 Å². The first-order chi connectivity index (χ1) is 10.8. The lowest BCUT2D eigenvalue weighted by molar-refractivity contribution is 0.122. The third-order valence-corrected chi connectivity index (χ3v) is 4.55. The maximum Gasteiger partial charge on any atom is 0.176 e. The molecule has 4 rings (SSSR count). The van der Waals surface area contributed by atoms with Crippen molar-refractivity contribution in [2.24, 2.45) is 0 Å². The topological polar surface area (TPSA) is 84.8 Å². The molecule has 8 nitrogen and oxygen atoms in total. The predicted octanol–water partition coefficient (Wildman–Crippen LogP) is 1.23. The molecule has 0 aliphatic carbocycles. The fourth-order valence-electron chi connectivity index (χ4n) is 2.46. The van der Waals surface area contributed by atoms with Crippen LogP contribution in [-0.2, 0) is 11.3 Å². The molecule has 3 aromatic heterocycles. The molecule has 0 radical (unpaired) electrons. The normalized spacial score (nSPS) is 15.5. The second-order valence-corrected chi connectivity index (χ2v) is 6.60. The van der Waals surface area contributed by atoms with Gasteiger partial charge in [-0.3, -0.25) is 5.10 Å². The summed E-state index contributed by atoms with van der Waals surface area (Å²) < 4.78 is 8.02. The lowest BCUT2D eigenvalue weighted by Gasteiger charge is -2.27. The summed E-state index contributed by atoms with van der Waals surface area (Å²) in [4.78, 5) is 15.5. The SMILES string of the molecule is S=c1[nH]nc(Cn2cnc3c(N4CCOCC4)ncnc32)s1. The molecule has 1 aliphatic heterocycles. The summed E-state index contributed by atoms with van der Waals surface area (Å²) in [5, 5.41) is 7.87. The minimum absolute atomic E-state index is 0.591. The fraction of sp³-hybridized carbons (Fsp3) is 0.417. The van der Waals surface area contributed by atoms with Crippen molar-refractivity contribution in [3.63, 3.8) is 0 Å². The Hall–Kier alpha value is -1.91. The number of imidazole rings is 1. The lowest BCUT2D eigenvalue weighted by Crippen LogP contribution is -2.36. The number of ether oxygens (including phenoxy) is 1. The molecule has 1 saturated heterocycles. The average molecular weight is 335 g/mol. The highest BCUT2D eigenvalue weighted by Gasteiger charge is 2.18. The molecule has 0 spiro atoms. The molecule has 3 aromatic rings. The van der Waals surface area contributed by atoms with Crippen LogP contribution in [0, 0.1) is 3.95 Å². The minimum atomic E-state index is 0.591. The molecule has 1 aliphatic rings. The van der Waals surface area contributed by atoms with E-state index >= 15 is 0 Å². The third kappa shape index (κ3) is 2.49. The molecule has 0 bridgehead atoms. The predicted molar refractivity (Wildman–Crippen MR) is 84.8 cm³/mol. The van der Waals surface area contributed by atoms with Gasteiger partial charge in [0, 0.05) is 13.1 Å². The minimum Gasteiger partial charge on any atom is -0.378 e. The van der Waals surface area contributed by atoms with Crippen LogP contribution in [0.3, 0.4) is 0 Å². The first kappa shape index (κ1) is 13.7. The van der Waals surface area contributed by atoms with E-state index in [1.807, 2.05) is 4.57 Å². The monoisotopic (exact) mass is 335 g/mol. The van der Waals surface area contributed by atoms with Crippen molar-refractivity contribution in [2.75, 3.05) is 31.2 Å². The lowest BCUT2D eigenvalue weighted by atomic mass is 10.4. The standard InChI is InChI=1S/C12H13N7OS2/c21-12-17-16-8(22-12)5-19-7-15-9-10(13-6-14-11(9)19)18-1-3-20-4-2-18/h6-7H,1-5H2,(H,17,21). The summed E-state index contributed by atoms with van der Waals surface area (Å²) in [5.74, 6) is 0.863. The zero-order chi connectivity index (χ0) is 14.9. The van der Waals surface area contributed by atoms with Crippen LogP contribution in [0.4, 0.5) is 5.82 Å². The van der Waals surface area contributed by atoms with Crippen molar-refractivity contribution in [3.8, 4) is 0 Å². The van der Waals surface area contributed by atoms with Crippen LogP contribution in [0.5, 0.6) is 0 Å². The van der Waals surface area contributed by atoms with Gasteiger partial charge in [-0.15, -0.1) is 0 Å². The van der Waals surface area contributed by atoms with E-state index in [2.05, 4.69) is 30.0 Å². The molecule has 0 atom stereocenters. The molecule has 0 aromatic carbocycles. The van der Waals surface area contributed by atoms with Crippen molar-refractivity contribution in [1.82, 2.24) is 29.7 Å². The number of morpholine rings is 1. The van der Waals surface area contributed by atoms with Crippen molar-refractivity contribution in [3.05, 3.63) is 21.6 Å². The number of aromatic amines is 1. The van der Waals surface area contributed by atoms with Gasteiger partial charge in [0.2, 0.25) is 0 Å². The molecule has 1 fully saturated rings. The third-order valence-electron chi connectivity index (χ3n) is 3.48. The van der Waals surface area contributed by atoms with Crippen molar-refractivity contribution < 1.29 is 4.74 Å². The van der Waals surface area contributed by atoms with Gasteiger partial charge in [0.05, 0.1) is 26.1 Å². The molecule has 0 saturated carbocycles. The second kappa shape index (κ2) is 5.71. The molecule has 10 heteroatoms. The van der Waals surface area contributed by atoms with Crippen LogP contribution in [0.15, 0.2) is 12.7 Å². The number of aromatic nitrogens is 6. The van der Waals surface area contributed by atoms with E-state index in [9.17, 15) is 0 Å². The number of nitrogens with one attached hydrogen (secondary N) is 1. The highest BCUT2D eigenvalue weighted by Crippen LogP contribution is 2.23. The zero-order valence-electron chi connectivity index (χ0n) is 11.6. The summed E-state index contributed by atoms with van der Waals surface area (Å²) in [7, 11) is 0. The van der Waals surface area contributed by atoms with Crippen molar-refractivity contribution in [1.29, 1.82) is 0 Å². The van der Waals surface area contributed by atoms with Gasteiger partial charge in [0.15, 0.2) is 20.9 Å². The molecular weight excluding hydrogens is 322 g/mol. The Morgan fingerprint density at radius 2 is 2.14 bits per heavy atom. The molecule has 0 unspecified atom stereocenters. The van der Waals surface area contributed by atoms with Crippen LogP contribution in [0.2, 0.25) is 0 Å². The van der Waals surface area contributed by atoms with Gasteiger partial charge in [-0.05, 0) is 12.2 Å². The first-order valence-corrected chi connectivity index (χ1v) is 8.06. The molecular formula is C12H13N7OS2. The summed E-state index contributed by atoms with van der Waals surface area (Å²) in [6.45, 7) is 3.65. The second-order valence-electron chi connectivity index (χ2n) is 4.85. The number of hydrogen-bond donors (Lipinski definition) is 1. The Labute approximate surface area is 134 Å². The van der Waals surface area contributed by atoms with Gasteiger partial charge in [-0.2, -0.15) is 5.10 Å². The molecule has 114 valence electrons. The van der Waals surface area contributed by atoms with E-state index in [0.29, 0.717) is 23.7 Å². The highest BCUT2D eigenvalue weighted by atomic mass is 32.1. The quantitative estimate of drug-likeness (QED) is 0.721. The van der Waals surface area contributed by atoms with E-state index in [-0.39, 0.29) is 0 Å². The summed E-state index contributed by atoms with van der Waals surface area (Å²) in [6.07, 6.45) is 3.35. The average Bonchev–Trinajstić information content (AvgIpc) is 3.15. The zero-order valence-corrected chi connectivity index (χ0v) is 13.2. The first-order valence-electron chi connectivity index (χ1n) is 6.84. The van der Waals surface area contributed by atoms with Crippen LogP contribution in [0.1, 0.15) is 5.01 Å². The number of fused-ring (bicyclic) bond motifs is 1. The van der Waals surface area contributed by atoms with Crippen LogP contribution >= 0.6 is 23.6 Å². The summed E-state index contributed by atoms with van der Waals surface area (Å²) in [5.41, 5.74) is 1.61. The Bertz CT molecular complexity index is 848. The van der Waals surface area contributed by atoms with Crippen molar-refractivity contribution >= 4 is 40.5 Å². The van der Waals surface area contributed by atoms with E-state index in [1.165, 1.54) is 11.3 Å². The number of H-pyrrole nitrogens is 1. The van der Waals surface area contributed by atoms with Gasteiger partial charge < -0.3 is 14.2 Å². The van der Waals surface area contributed by atoms with Gasteiger partial charge in [-0.1, -0.05) is 11.3 Å². The Balaban J connectivity index is 1.71. The smallest absolute Gasteiger partial charge is 0.176 e. The molecule has 4 heterocycles. The van der Waals surface area contributed by atoms with Crippen LogP contribution in [-0.4, -0.2) is 56.0 Å². The number of nitrogens with zero attached hydrogens (tertiary/aromatic N) is 6. The van der Waals surface area contributed by atoms with Gasteiger partial charge >= 0.3 is 0 Å². The van der Waals surface area contributed by atoms with Crippen LogP contribution in [0.25, 0.3) is 11.2 Å². The molecule has 22 heavy (non-hydrogen) atoms. The highest BCUT2D eigenvalue weighted by molar-refractivity contribution is 7.73. The van der Waals surface area contributed by atoms with E-state index in [4.69, 9.17) is 17.0 Å². The van der Waals surface area contributed by atoms with E-state index < -0.39 is 0 Å².